The molecule has 2 aliphatic heterocycles. The molecule has 5 atom stereocenters. The minimum absolute atomic E-state index is 0.0368. The van der Waals surface area contributed by atoms with Gasteiger partial charge in [-0.1, -0.05) is 48.0 Å². The molecule has 0 spiro atoms. The minimum atomic E-state index is -5.19. The molecule has 1 aromatic carbocycles. The van der Waals surface area contributed by atoms with Gasteiger partial charge in [0.25, 0.3) is 5.56 Å². The van der Waals surface area contributed by atoms with Crippen LogP contribution in [0.4, 0.5) is 13.2 Å². The largest absolute Gasteiger partial charge is 0.542 e. The Labute approximate surface area is 262 Å². The van der Waals surface area contributed by atoms with E-state index in [2.05, 4.69) is 26.6 Å². The lowest BCUT2D eigenvalue weighted by Gasteiger charge is -2.27. The maximum atomic E-state index is 13.2. The van der Waals surface area contributed by atoms with Crippen molar-refractivity contribution in [3.8, 4) is 5.75 Å². The molecule has 1 unspecified atom stereocenters. The van der Waals surface area contributed by atoms with Gasteiger partial charge in [-0.25, -0.2) is 14.2 Å². The number of aliphatic carboxylic acids is 1. The summed E-state index contributed by atoms with van der Waals surface area (Å²) in [5.41, 5.74) is 4.32. The number of phosphoric ester groups is 1. The van der Waals surface area contributed by atoms with E-state index in [1.807, 2.05) is 32.9 Å². The third-order valence-electron chi connectivity index (χ3n) is 6.61. The van der Waals surface area contributed by atoms with Crippen LogP contribution in [-0.2, 0) is 39.3 Å². The van der Waals surface area contributed by atoms with Gasteiger partial charge in [0.05, 0.1) is 18.8 Å². The van der Waals surface area contributed by atoms with Gasteiger partial charge in [0.2, 0.25) is 0 Å². The molecule has 0 amide bonds. The summed E-state index contributed by atoms with van der Waals surface area (Å²) >= 11 is 3.11. The number of hydrogen-bond acceptors (Lipinski definition) is 11. The van der Waals surface area contributed by atoms with Gasteiger partial charge in [-0.05, 0) is 23.5 Å². The number of phosphoric acid groups is 1. The predicted octanol–water partition coefficient (Wildman–Crippen LogP) is 1.71. The van der Waals surface area contributed by atoms with Gasteiger partial charge in [0.15, 0.2) is 6.04 Å². The second kappa shape index (κ2) is 14.9. The fraction of sp³-hybridized carbons (Fsp3) is 0.462. The molecule has 45 heavy (non-hydrogen) atoms. The number of H-pyrrole nitrogens is 1. The van der Waals surface area contributed by atoms with E-state index in [-0.39, 0.29) is 31.1 Å². The highest BCUT2D eigenvalue weighted by atomic mass is 79.9. The van der Waals surface area contributed by atoms with E-state index in [1.165, 1.54) is 21.8 Å². The van der Waals surface area contributed by atoms with E-state index < -0.39 is 61.7 Å². The van der Waals surface area contributed by atoms with Crippen molar-refractivity contribution in [3.63, 3.8) is 0 Å². The second-order valence-electron chi connectivity index (χ2n) is 10.2. The number of carbonyl (C=O) groups is 2. The maximum absolute atomic E-state index is 13.2. The SMILES string of the molecule is Cc1cccc2c1OP(=O)(OC[C@H]1O[C@@H](n3cc(/C=C/Br)c(=O)[nH]c3=O)C[C@@H]1OC(=O)[C@H]([NH3+])C(C)C)OC2.O=C([O-])C(F)(F)F. The molecule has 0 aliphatic carbocycles. The number of rotatable bonds is 8. The first-order chi connectivity index (χ1) is 21.0. The lowest BCUT2D eigenvalue weighted by atomic mass is 10.1. The summed E-state index contributed by atoms with van der Waals surface area (Å²) in [6.45, 7) is 5.22. The summed E-state index contributed by atoms with van der Waals surface area (Å²) in [7, 11) is -4.01. The van der Waals surface area contributed by atoms with Crippen LogP contribution in [0.2, 0.25) is 0 Å². The molecule has 0 bridgehead atoms. The number of alkyl halides is 3. The third kappa shape index (κ3) is 9.37. The molecule has 1 aromatic heterocycles. The molecule has 3 heterocycles. The maximum Gasteiger partial charge on any atom is 0.530 e. The van der Waals surface area contributed by atoms with Crippen LogP contribution in [0.25, 0.3) is 6.08 Å². The molecule has 14 nitrogen and oxygen atoms in total. The summed E-state index contributed by atoms with van der Waals surface area (Å²) in [4.78, 5) is 49.9. The molecule has 4 N–H and O–H groups in total. The first kappa shape index (κ1) is 36.2. The van der Waals surface area contributed by atoms with Crippen LogP contribution in [0, 0.1) is 12.8 Å². The molecule has 2 aliphatic rings. The Kier molecular flexibility index (Phi) is 12.0. The summed E-state index contributed by atoms with van der Waals surface area (Å²) in [5.74, 6) is -3.19. The number of ether oxygens (including phenoxy) is 2. The van der Waals surface area contributed by atoms with Gasteiger partial charge in [-0.15, -0.1) is 0 Å². The van der Waals surface area contributed by atoms with Crippen molar-refractivity contribution < 1.29 is 61.2 Å². The first-order valence-corrected chi connectivity index (χ1v) is 15.6. The number of carboxylic acid groups (broad SMARTS) is 1. The summed E-state index contributed by atoms with van der Waals surface area (Å²) < 4.78 is 74.3. The molecule has 1 fully saturated rings. The average Bonchev–Trinajstić information content (AvgIpc) is 3.35. The fourth-order valence-electron chi connectivity index (χ4n) is 4.03. The van der Waals surface area contributed by atoms with Gasteiger partial charge in [-0.2, -0.15) is 13.2 Å². The number of aryl methyl sites for hydroxylation is 1. The lowest BCUT2D eigenvalue weighted by Crippen LogP contribution is -2.68. The number of halogens is 4. The quantitative estimate of drug-likeness (QED) is 0.296. The Morgan fingerprint density at radius 3 is 2.58 bits per heavy atom. The Balaban J connectivity index is 0.000000707. The number of quaternary nitrogens is 1. The van der Waals surface area contributed by atoms with Gasteiger partial charge in [-0.3, -0.25) is 23.4 Å². The molecule has 19 heteroatoms. The molecule has 2 aromatic rings. The molecular formula is C26H30BrF3N3O11P. The smallest absolute Gasteiger partial charge is 0.530 e. The summed E-state index contributed by atoms with van der Waals surface area (Å²) in [6.07, 6.45) is -5.00. The minimum Gasteiger partial charge on any atom is -0.542 e. The Bertz CT molecular complexity index is 1590. The number of para-hydroxylation sites is 1. The van der Waals surface area contributed by atoms with Crippen LogP contribution in [-0.4, -0.2) is 52.5 Å². The summed E-state index contributed by atoms with van der Waals surface area (Å²) in [6, 6.07) is 4.83. The Hall–Kier alpha value is -3.28. The number of benzene rings is 1. The van der Waals surface area contributed by atoms with E-state index in [1.54, 1.807) is 6.07 Å². The van der Waals surface area contributed by atoms with Crippen molar-refractivity contribution in [1.82, 2.24) is 9.55 Å². The van der Waals surface area contributed by atoms with Crippen molar-refractivity contribution in [3.05, 3.63) is 66.9 Å². The van der Waals surface area contributed by atoms with Crippen molar-refractivity contribution in [2.45, 2.75) is 64.5 Å². The number of aromatic amines is 1. The predicted molar refractivity (Wildman–Crippen MR) is 150 cm³/mol. The van der Waals surface area contributed by atoms with Gasteiger partial charge < -0.3 is 29.6 Å². The first-order valence-electron chi connectivity index (χ1n) is 13.2. The average molecular weight is 728 g/mol. The standard InChI is InChI=1S/C24H29BrN3O9P.C2HF3O2/c1-13(2)20(26)23(30)36-17-9-19(28-10-15(7-8-25)22(29)27-24(28)31)35-18(17)12-34-38(32)33-11-16-6-4-5-14(3)21(16)37-38;3-2(4,5)1(6)7/h4-8,10,13,17-20H,9,11-12,26H2,1-3H3,(H,27,29,31);(H,6,7)/b8-7+;/t17-,18+,19+,20+,38?;/m0./s1. The molecule has 1 saturated heterocycles. The van der Waals surface area contributed by atoms with Crippen LogP contribution < -0.4 is 26.6 Å². The number of fused-ring (bicyclic) bond motifs is 1. The normalized spacial score (nSPS) is 23.5. The monoisotopic (exact) mass is 727 g/mol. The molecule has 4 rings (SSSR count). The van der Waals surface area contributed by atoms with Crippen LogP contribution in [0.15, 0.2) is 39.0 Å². The Morgan fingerprint density at radius 2 is 1.98 bits per heavy atom. The number of esters is 1. The van der Waals surface area contributed by atoms with E-state index in [9.17, 15) is 32.1 Å². The molecular weight excluding hydrogens is 698 g/mol. The number of nitrogens with zero attached hydrogens (tertiary/aromatic N) is 1. The topological polar surface area (TPSA) is 203 Å². The molecule has 248 valence electrons. The van der Waals surface area contributed by atoms with Crippen LogP contribution in [0.3, 0.4) is 0 Å². The van der Waals surface area contributed by atoms with Crippen LogP contribution in [0.5, 0.6) is 5.75 Å². The van der Waals surface area contributed by atoms with Crippen molar-refractivity contribution in [1.29, 1.82) is 0 Å². The summed E-state index contributed by atoms with van der Waals surface area (Å²) in [5, 5.41) is 8.78. The number of nitrogens with one attached hydrogen (secondary N) is 1. The van der Waals surface area contributed by atoms with E-state index in [0.717, 1.165) is 11.1 Å². The number of carbonyl (C=O) groups excluding carboxylic acids is 2. The Morgan fingerprint density at radius 1 is 1.31 bits per heavy atom. The van der Waals surface area contributed by atoms with Crippen LogP contribution >= 0.6 is 23.8 Å². The zero-order valence-corrected chi connectivity index (χ0v) is 26.6. The number of hydrogen-bond donors (Lipinski definition) is 2. The highest BCUT2D eigenvalue weighted by Crippen LogP contribution is 2.55. The van der Waals surface area contributed by atoms with Crippen molar-refractivity contribution >= 4 is 41.8 Å². The fourth-order valence-corrected chi connectivity index (χ4v) is 5.60. The zero-order valence-electron chi connectivity index (χ0n) is 24.1. The molecule has 0 saturated carbocycles. The lowest BCUT2D eigenvalue weighted by molar-refractivity contribution is -0.419. The third-order valence-corrected chi connectivity index (χ3v) is 8.19. The number of aromatic nitrogens is 2. The highest BCUT2D eigenvalue weighted by Gasteiger charge is 2.44. The van der Waals surface area contributed by atoms with Gasteiger partial charge in [0, 0.05) is 24.1 Å². The highest BCUT2D eigenvalue weighted by molar-refractivity contribution is 9.11. The van der Waals surface area contributed by atoms with Crippen molar-refractivity contribution in [2.75, 3.05) is 6.61 Å². The van der Waals surface area contributed by atoms with Crippen molar-refractivity contribution in [2.24, 2.45) is 5.92 Å². The van der Waals surface area contributed by atoms with E-state index >= 15 is 0 Å². The zero-order chi connectivity index (χ0) is 33.7. The van der Waals surface area contributed by atoms with Crippen LogP contribution in [0.1, 0.15) is 43.2 Å². The van der Waals surface area contributed by atoms with E-state index in [4.69, 9.17) is 32.9 Å². The van der Waals surface area contributed by atoms with Gasteiger partial charge >= 0.3 is 25.7 Å². The second-order valence-corrected chi connectivity index (χ2v) is 12.3. The van der Waals surface area contributed by atoms with Gasteiger partial charge in [0.1, 0.15) is 30.2 Å². The molecule has 0 radical (unpaired) electrons. The number of carboxylic acids is 1. The van der Waals surface area contributed by atoms with E-state index in [0.29, 0.717) is 5.75 Å².